The number of nitrogens with zero attached hydrogens (tertiary/aromatic N) is 3. The number of hydrogen-bond acceptors (Lipinski definition) is 4. The van der Waals surface area contributed by atoms with Crippen molar-refractivity contribution in [1.29, 1.82) is 0 Å². The van der Waals surface area contributed by atoms with Gasteiger partial charge in [-0.05, 0) is 43.1 Å². The fourth-order valence-corrected chi connectivity index (χ4v) is 3.09. The van der Waals surface area contributed by atoms with E-state index in [1.807, 2.05) is 0 Å². The molecule has 0 aliphatic carbocycles. The Labute approximate surface area is 178 Å². The molecule has 150 valence electrons. The molecule has 5 nitrogen and oxygen atoms in total. The molecule has 4 radical (unpaired) electrons. The molecule has 0 unspecified atom stereocenters. The average Bonchev–Trinajstić information content (AvgIpc) is 2.67. The van der Waals surface area contributed by atoms with Crippen LogP contribution >= 0.6 is 0 Å². The number of aromatic nitrogens is 2. The fourth-order valence-electron chi connectivity index (χ4n) is 3.09. The van der Waals surface area contributed by atoms with Crippen LogP contribution in [0.3, 0.4) is 0 Å². The van der Waals surface area contributed by atoms with Crippen LogP contribution in [0.5, 0.6) is 0 Å². The Balaban J connectivity index is 0.00000280. The monoisotopic (exact) mass is 501 g/mol. The van der Waals surface area contributed by atoms with Gasteiger partial charge in [-0.15, -0.1) is 0 Å². The molecule has 0 bridgehead atoms. The van der Waals surface area contributed by atoms with Gasteiger partial charge in [-0.25, -0.2) is 4.68 Å². The van der Waals surface area contributed by atoms with Gasteiger partial charge in [0.1, 0.15) is 0 Å². The van der Waals surface area contributed by atoms with Gasteiger partial charge in [-0.1, -0.05) is 12.1 Å². The van der Waals surface area contributed by atoms with Gasteiger partial charge >= 0.3 is 6.18 Å². The zero-order chi connectivity index (χ0) is 19.3. The summed E-state index contributed by atoms with van der Waals surface area (Å²) in [6, 6.07) is 6.16. The summed E-state index contributed by atoms with van der Waals surface area (Å²) >= 11 is 0. The van der Waals surface area contributed by atoms with Crippen LogP contribution in [0.25, 0.3) is 11.1 Å². The Bertz CT molecular complexity index is 803. The normalized spacial score (nSPS) is 15.2. The summed E-state index contributed by atoms with van der Waals surface area (Å²) in [5, 5.41) is 4.10. The van der Waals surface area contributed by atoms with Crippen LogP contribution < -0.4 is 5.56 Å². The van der Waals surface area contributed by atoms with Gasteiger partial charge in [-0.2, -0.15) is 18.3 Å². The van der Waals surface area contributed by atoms with E-state index in [-0.39, 0.29) is 29.5 Å². The number of ether oxygens (including phenoxy) is 1. The molecule has 0 saturated carbocycles. The van der Waals surface area contributed by atoms with Crippen molar-refractivity contribution in [2.24, 2.45) is 0 Å². The molecule has 28 heavy (non-hydrogen) atoms. The van der Waals surface area contributed by atoms with Gasteiger partial charge in [0.25, 0.3) is 5.56 Å². The van der Waals surface area contributed by atoms with Gasteiger partial charge in [0, 0.05) is 49.7 Å². The van der Waals surface area contributed by atoms with Gasteiger partial charge in [0.2, 0.25) is 0 Å². The first-order valence-electron chi connectivity index (χ1n) is 8.99. The van der Waals surface area contributed by atoms with E-state index in [4.69, 9.17) is 4.74 Å². The molecule has 1 saturated heterocycles. The predicted molar refractivity (Wildman–Crippen MR) is 101 cm³/mol. The van der Waals surface area contributed by atoms with Crippen molar-refractivity contribution in [2.45, 2.75) is 25.6 Å². The van der Waals surface area contributed by atoms with Crippen molar-refractivity contribution in [3.05, 3.63) is 52.4 Å². The summed E-state index contributed by atoms with van der Waals surface area (Å²) < 4.78 is 44.8. The van der Waals surface area contributed by atoms with Gasteiger partial charge in [0.15, 0.2) is 0 Å². The SMILES string of the molecule is O=c1c(-c2ccc(C(F)(F)F)cc2)ccnn1CCCCN1CCOCC1.[Sn]. The summed E-state index contributed by atoms with van der Waals surface area (Å²) in [6.07, 6.45) is -1.13. The summed E-state index contributed by atoms with van der Waals surface area (Å²) in [6.45, 7) is 4.82. The first-order valence-corrected chi connectivity index (χ1v) is 8.99. The van der Waals surface area contributed by atoms with Crippen molar-refractivity contribution in [1.82, 2.24) is 14.7 Å². The minimum atomic E-state index is -4.39. The van der Waals surface area contributed by atoms with E-state index in [9.17, 15) is 18.0 Å². The molecule has 1 aliphatic heterocycles. The standard InChI is InChI=1S/C19H22F3N3O2.Sn/c20-19(21,22)16-5-3-15(4-6-16)17-7-8-23-25(18(17)26)10-2-1-9-24-11-13-27-14-12-24;/h3-8H,1-2,9-14H2;. The molecule has 1 aromatic carbocycles. The summed E-state index contributed by atoms with van der Waals surface area (Å²) in [4.78, 5) is 14.9. The molecule has 3 rings (SSSR count). The second kappa shape index (κ2) is 10.4. The maximum absolute atomic E-state index is 12.7. The molecule has 0 spiro atoms. The fraction of sp³-hybridized carbons (Fsp3) is 0.474. The molecule has 1 aromatic heterocycles. The van der Waals surface area contributed by atoms with Crippen LogP contribution in [0.2, 0.25) is 0 Å². The van der Waals surface area contributed by atoms with Crippen molar-refractivity contribution in [2.75, 3.05) is 32.8 Å². The van der Waals surface area contributed by atoms with E-state index in [0.717, 1.165) is 57.8 Å². The molecular formula is C19H22F3N3O2Sn. The number of morpholine rings is 1. The predicted octanol–water partition coefficient (Wildman–Crippen LogP) is 2.66. The number of unbranched alkanes of at least 4 members (excludes halogenated alkanes) is 1. The van der Waals surface area contributed by atoms with E-state index in [1.165, 1.54) is 29.1 Å². The molecule has 0 atom stereocenters. The Morgan fingerprint density at radius 3 is 2.29 bits per heavy atom. The van der Waals surface area contributed by atoms with Crippen LogP contribution in [0.15, 0.2) is 41.3 Å². The van der Waals surface area contributed by atoms with E-state index in [1.54, 1.807) is 0 Å². The number of alkyl halides is 3. The first kappa shape index (κ1) is 22.9. The van der Waals surface area contributed by atoms with E-state index in [2.05, 4.69) is 10.00 Å². The molecule has 0 N–H and O–H groups in total. The van der Waals surface area contributed by atoms with Crippen molar-refractivity contribution in [3.8, 4) is 11.1 Å². The van der Waals surface area contributed by atoms with Crippen molar-refractivity contribution in [3.63, 3.8) is 0 Å². The van der Waals surface area contributed by atoms with Gasteiger partial charge in [0.05, 0.1) is 24.3 Å². The maximum Gasteiger partial charge on any atom is 0.416 e. The Kier molecular flexibility index (Phi) is 8.51. The van der Waals surface area contributed by atoms with Crippen LogP contribution in [-0.2, 0) is 17.5 Å². The summed E-state index contributed by atoms with van der Waals surface area (Å²) in [5.41, 5.74) is -0.211. The number of benzene rings is 1. The molecule has 9 heteroatoms. The number of aryl methyl sites for hydroxylation is 1. The maximum atomic E-state index is 12.7. The minimum Gasteiger partial charge on any atom is -0.379 e. The molecule has 2 aromatic rings. The number of rotatable bonds is 6. The molecule has 2 heterocycles. The Morgan fingerprint density at radius 2 is 1.64 bits per heavy atom. The second-order valence-corrected chi connectivity index (χ2v) is 6.51. The Morgan fingerprint density at radius 1 is 1.00 bits per heavy atom. The smallest absolute Gasteiger partial charge is 0.379 e. The third-order valence-corrected chi connectivity index (χ3v) is 4.63. The number of halogens is 3. The zero-order valence-electron chi connectivity index (χ0n) is 15.4. The van der Waals surface area contributed by atoms with E-state index >= 15 is 0 Å². The van der Waals surface area contributed by atoms with Crippen LogP contribution in [0, 0.1) is 0 Å². The van der Waals surface area contributed by atoms with Crippen molar-refractivity contribution >= 4 is 23.9 Å². The van der Waals surface area contributed by atoms with Gasteiger partial charge < -0.3 is 4.74 Å². The largest absolute Gasteiger partial charge is 0.416 e. The van der Waals surface area contributed by atoms with Crippen molar-refractivity contribution < 1.29 is 17.9 Å². The summed E-state index contributed by atoms with van der Waals surface area (Å²) in [5.74, 6) is 0. The van der Waals surface area contributed by atoms with Crippen LogP contribution in [0.4, 0.5) is 13.2 Å². The quantitative estimate of drug-likeness (QED) is 0.453. The van der Waals surface area contributed by atoms with Crippen LogP contribution in [0.1, 0.15) is 18.4 Å². The minimum absolute atomic E-state index is 0. The second-order valence-electron chi connectivity index (χ2n) is 6.51. The third-order valence-electron chi connectivity index (χ3n) is 4.63. The molecule has 0 amide bonds. The average molecular weight is 500 g/mol. The first-order chi connectivity index (χ1) is 12.9. The van der Waals surface area contributed by atoms with E-state index in [0.29, 0.717) is 17.7 Å². The van der Waals surface area contributed by atoms with Crippen LogP contribution in [-0.4, -0.2) is 71.4 Å². The third kappa shape index (κ3) is 6.05. The zero-order valence-corrected chi connectivity index (χ0v) is 18.3. The van der Waals surface area contributed by atoms with Gasteiger partial charge in [-0.3, -0.25) is 9.69 Å². The molecular weight excluding hydrogens is 478 g/mol. The van der Waals surface area contributed by atoms with E-state index < -0.39 is 11.7 Å². The Hall–Kier alpha value is -1.39. The topological polar surface area (TPSA) is 47.4 Å². The number of hydrogen-bond donors (Lipinski definition) is 0. The molecule has 1 fully saturated rings. The molecule has 1 aliphatic rings. The summed E-state index contributed by atoms with van der Waals surface area (Å²) in [7, 11) is 0.